The van der Waals surface area contributed by atoms with Gasteiger partial charge in [-0.3, -0.25) is 4.79 Å². The first-order chi connectivity index (χ1) is 16.1. The highest BCUT2D eigenvalue weighted by Crippen LogP contribution is 2.36. The van der Waals surface area contributed by atoms with E-state index in [0.29, 0.717) is 41.0 Å². The molecule has 2 N–H and O–H groups in total. The van der Waals surface area contributed by atoms with E-state index in [0.717, 1.165) is 22.1 Å². The Morgan fingerprint density at radius 1 is 1.18 bits per heavy atom. The third-order valence-electron chi connectivity index (χ3n) is 5.05. The zero-order chi connectivity index (χ0) is 22.8. The Morgan fingerprint density at radius 2 is 2.06 bits per heavy atom. The molecule has 1 amide bonds. The van der Waals surface area contributed by atoms with Gasteiger partial charge in [0.25, 0.3) is 0 Å². The second-order valence-electron chi connectivity index (χ2n) is 7.31. The van der Waals surface area contributed by atoms with E-state index < -0.39 is 0 Å². The van der Waals surface area contributed by atoms with Crippen LogP contribution < -0.4 is 15.4 Å². The maximum absolute atomic E-state index is 11.2. The Bertz CT molecular complexity index is 1470. The summed E-state index contributed by atoms with van der Waals surface area (Å²) in [5.74, 6) is 1.67. The number of benzene rings is 2. The van der Waals surface area contributed by atoms with Crippen LogP contribution in [0.4, 0.5) is 11.5 Å². The van der Waals surface area contributed by atoms with Crippen LogP contribution in [0.2, 0.25) is 5.02 Å². The molecule has 0 aliphatic rings. The smallest absolute Gasteiger partial charge is 0.216 e. The van der Waals surface area contributed by atoms with Crippen molar-refractivity contribution in [3.63, 3.8) is 0 Å². The lowest BCUT2D eigenvalue weighted by molar-refractivity contribution is -0.118. The number of aromatic nitrogens is 4. The van der Waals surface area contributed by atoms with Crippen LogP contribution in [0.15, 0.2) is 65.7 Å². The summed E-state index contributed by atoms with van der Waals surface area (Å²) in [5, 5.41) is 11.1. The average molecular weight is 499 g/mol. The SMILES string of the molecule is CC(=O)NCCn1ccc2ncnc(Nc3ccc(Oc4cccc5oncc45)c(Cl)c3)c21.Cl. The molecule has 0 atom stereocenters. The van der Waals surface area contributed by atoms with Gasteiger partial charge in [0.15, 0.2) is 11.4 Å². The summed E-state index contributed by atoms with van der Waals surface area (Å²) in [7, 11) is 0. The van der Waals surface area contributed by atoms with E-state index >= 15 is 0 Å². The zero-order valence-corrected chi connectivity index (χ0v) is 19.6. The Hall–Kier alpha value is -3.82. The summed E-state index contributed by atoms with van der Waals surface area (Å²) in [5.41, 5.74) is 3.00. The monoisotopic (exact) mass is 498 g/mol. The Kier molecular flexibility index (Phi) is 6.85. The van der Waals surface area contributed by atoms with Crippen LogP contribution in [0.25, 0.3) is 22.0 Å². The molecule has 3 heterocycles. The van der Waals surface area contributed by atoms with Crippen molar-refractivity contribution >= 4 is 63.4 Å². The number of nitrogens with zero attached hydrogens (tertiary/aromatic N) is 4. The highest BCUT2D eigenvalue weighted by atomic mass is 35.5. The van der Waals surface area contributed by atoms with Gasteiger partial charge in [0, 0.05) is 31.9 Å². The van der Waals surface area contributed by atoms with Crippen LogP contribution in [-0.2, 0) is 11.3 Å². The molecule has 0 unspecified atom stereocenters. The van der Waals surface area contributed by atoms with Crippen molar-refractivity contribution < 1.29 is 14.1 Å². The fourth-order valence-corrected chi connectivity index (χ4v) is 3.75. The van der Waals surface area contributed by atoms with Gasteiger partial charge in [0.1, 0.15) is 23.3 Å². The molecular formula is C23H20Cl2N6O3. The first-order valence-electron chi connectivity index (χ1n) is 10.2. The Labute approximate surface area is 205 Å². The van der Waals surface area contributed by atoms with Crippen LogP contribution >= 0.6 is 24.0 Å². The molecule has 174 valence electrons. The van der Waals surface area contributed by atoms with Crippen molar-refractivity contribution in [1.82, 2.24) is 25.0 Å². The van der Waals surface area contributed by atoms with E-state index in [2.05, 4.69) is 25.8 Å². The predicted molar refractivity (Wildman–Crippen MR) is 132 cm³/mol. The van der Waals surface area contributed by atoms with E-state index in [4.69, 9.17) is 20.9 Å². The lowest BCUT2D eigenvalue weighted by atomic mass is 10.2. The molecule has 0 spiro atoms. The van der Waals surface area contributed by atoms with Gasteiger partial charge < -0.3 is 24.5 Å². The van der Waals surface area contributed by atoms with Crippen molar-refractivity contribution in [3.05, 3.63) is 66.2 Å². The first-order valence-corrected chi connectivity index (χ1v) is 10.6. The van der Waals surface area contributed by atoms with E-state index in [1.54, 1.807) is 18.3 Å². The van der Waals surface area contributed by atoms with Crippen LogP contribution in [0, 0.1) is 0 Å². The van der Waals surface area contributed by atoms with Gasteiger partial charge in [-0.25, -0.2) is 9.97 Å². The van der Waals surface area contributed by atoms with Crippen LogP contribution in [0.1, 0.15) is 6.92 Å². The van der Waals surface area contributed by atoms with Gasteiger partial charge in [-0.05, 0) is 36.4 Å². The van der Waals surface area contributed by atoms with Gasteiger partial charge in [0.05, 0.1) is 22.1 Å². The molecule has 5 rings (SSSR count). The zero-order valence-electron chi connectivity index (χ0n) is 18.0. The van der Waals surface area contributed by atoms with Crippen LogP contribution in [0.3, 0.4) is 0 Å². The summed E-state index contributed by atoms with van der Waals surface area (Å²) >= 11 is 6.51. The number of fused-ring (bicyclic) bond motifs is 2. The number of carbonyl (C=O) groups excluding carboxylic acids is 1. The van der Waals surface area contributed by atoms with Gasteiger partial charge in [-0.2, -0.15) is 0 Å². The summed E-state index contributed by atoms with van der Waals surface area (Å²) in [6.45, 7) is 2.59. The summed E-state index contributed by atoms with van der Waals surface area (Å²) in [6.07, 6.45) is 5.03. The topological polar surface area (TPSA) is 107 Å². The van der Waals surface area contributed by atoms with Crippen LogP contribution in [0.5, 0.6) is 11.5 Å². The molecule has 0 bridgehead atoms. The summed E-state index contributed by atoms with van der Waals surface area (Å²) in [4.78, 5) is 19.9. The van der Waals surface area contributed by atoms with Crippen LogP contribution in [-0.4, -0.2) is 32.1 Å². The molecule has 2 aromatic carbocycles. The number of ether oxygens (including phenoxy) is 1. The molecule has 3 aromatic heterocycles. The lowest BCUT2D eigenvalue weighted by Crippen LogP contribution is -2.24. The number of halogens is 2. The number of carbonyl (C=O) groups is 1. The molecule has 0 saturated carbocycles. The van der Waals surface area contributed by atoms with E-state index in [1.807, 2.05) is 41.1 Å². The fourth-order valence-electron chi connectivity index (χ4n) is 3.53. The molecule has 5 aromatic rings. The van der Waals surface area contributed by atoms with E-state index in [1.165, 1.54) is 13.3 Å². The Morgan fingerprint density at radius 3 is 2.88 bits per heavy atom. The lowest BCUT2D eigenvalue weighted by Gasteiger charge is -2.13. The molecule has 0 aliphatic carbocycles. The van der Waals surface area contributed by atoms with Gasteiger partial charge >= 0.3 is 0 Å². The minimum absolute atomic E-state index is 0. The van der Waals surface area contributed by atoms with Gasteiger partial charge in [-0.15, -0.1) is 12.4 Å². The molecule has 0 saturated heterocycles. The molecular weight excluding hydrogens is 479 g/mol. The third-order valence-corrected chi connectivity index (χ3v) is 5.35. The van der Waals surface area contributed by atoms with Crippen molar-refractivity contribution in [1.29, 1.82) is 0 Å². The number of amides is 1. The third kappa shape index (κ3) is 4.75. The second kappa shape index (κ2) is 9.98. The second-order valence-corrected chi connectivity index (χ2v) is 7.72. The number of hydrogen-bond donors (Lipinski definition) is 2. The number of nitrogens with one attached hydrogen (secondary N) is 2. The largest absolute Gasteiger partial charge is 0.455 e. The molecule has 34 heavy (non-hydrogen) atoms. The summed E-state index contributed by atoms with van der Waals surface area (Å²) in [6, 6.07) is 12.8. The fraction of sp³-hybridized carbons (Fsp3) is 0.130. The number of hydrogen-bond acceptors (Lipinski definition) is 7. The van der Waals surface area contributed by atoms with Gasteiger partial charge in [-0.1, -0.05) is 22.8 Å². The Balaban J connectivity index is 0.00000274. The molecule has 0 radical (unpaired) electrons. The maximum Gasteiger partial charge on any atom is 0.216 e. The van der Waals surface area contributed by atoms with Crippen molar-refractivity contribution in [2.24, 2.45) is 0 Å². The number of rotatable bonds is 7. The maximum atomic E-state index is 11.2. The minimum Gasteiger partial charge on any atom is -0.455 e. The molecule has 11 heteroatoms. The van der Waals surface area contributed by atoms with E-state index in [-0.39, 0.29) is 18.3 Å². The molecule has 0 aliphatic heterocycles. The highest BCUT2D eigenvalue weighted by Gasteiger charge is 2.13. The average Bonchev–Trinajstić information content (AvgIpc) is 3.44. The first kappa shape index (κ1) is 23.3. The minimum atomic E-state index is -0.0710. The standard InChI is InChI=1S/C23H19ClN6O3.ClH/c1-14(31)25-8-10-30-9-7-18-22(30)23(27-13-26-18)29-15-5-6-21(17(24)11-15)32-19-3-2-4-20-16(19)12-28-33-20;/h2-7,9,11-13H,8,10H2,1H3,(H,25,31)(H,26,27,29);1H. The predicted octanol–water partition coefficient (Wildman–Crippen LogP) is 5.32. The van der Waals surface area contributed by atoms with Crippen molar-refractivity contribution in [3.8, 4) is 11.5 Å². The highest BCUT2D eigenvalue weighted by molar-refractivity contribution is 6.32. The van der Waals surface area contributed by atoms with Crippen molar-refractivity contribution in [2.45, 2.75) is 13.5 Å². The van der Waals surface area contributed by atoms with Gasteiger partial charge in [0.2, 0.25) is 5.91 Å². The van der Waals surface area contributed by atoms with E-state index in [9.17, 15) is 4.79 Å². The molecule has 0 fully saturated rings. The summed E-state index contributed by atoms with van der Waals surface area (Å²) < 4.78 is 13.2. The number of anilines is 2. The quantitative estimate of drug-likeness (QED) is 0.312. The normalized spacial score (nSPS) is 10.8. The van der Waals surface area contributed by atoms with Crippen molar-refractivity contribution in [2.75, 3.05) is 11.9 Å². The molecule has 9 nitrogen and oxygen atoms in total.